The average molecular weight is 1720 g/mol. The summed E-state index contributed by atoms with van der Waals surface area (Å²) in [4.78, 5) is 147. The van der Waals surface area contributed by atoms with Crippen molar-refractivity contribution in [2.24, 2.45) is 11.8 Å². The first kappa shape index (κ1) is 91.1. The molecule has 0 aromatic heterocycles. The summed E-state index contributed by atoms with van der Waals surface area (Å²) < 4.78 is 73.5. The molecule has 0 saturated heterocycles. The van der Waals surface area contributed by atoms with E-state index >= 15 is 28.8 Å². The molecule has 0 spiro atoms. The Hall–Kier alpha value is -12.6. The molecule has 0 radical (unpaired) electrons. The smallest absolute Gasteiger partial charge is 0.330 e. The first-order chi connectivity index (χ1) is 61.2. The van der Waals surface area contributed by atoms with Crippen LogP contribution in [0.4, 0.5) is 0 Å². The van der Waals surface area contributed by atoms with E-state index in [4.69, 9.17) is 56.8 Å². The largest absolute Gasteiger partial charge is 0.460 e. The number of rotatable bonds is 46. The third kappa shape index (κ3) is 21.5. The monoisotopic (exact) mass is 1720 g/mol. The predicted octanol–water partition coefficient (Wildman–Crippen LogP) is 17.0. The molecule has 4 aliphatic rings. The highest BCUT2D eigenvalue weighted by molar-refractivity contribution is 6.45. The second-order valence-corrected chi connectivity index (χ2v) is 31.9. The van der Waals surface area contributed by atoms with Gasteiger partial charge in [-0.1, -0.05) is 154 Å². The summed E-state index contributed by atoms with van der Waals surface area (Å²) in [6.45, 7) is 23.0. The minimum atomic E-state index is -1.33. The second kappa shape index (κ2) is 43.3. The maximum Gasteiger partial charge on any atom is 0.330 e. The zero-order chi connectivity index (χ0) is 88.9. The fraction of sp³-hybridized carbons (Fsp3) is 0.380. The van der Waals surface area contributed by atoms with Crippen LogP contribution in [0.3, 0.4) is 0 Å². The van der Waals surface area contributed by atoms with Crippen molar-refractivity contribution in [2.75, 3.05) is 79.3 Å². The maximum absolute atomic E-state index is 16.7. The number of nitrogens with one attached hydrogen (secondary N) is 2. The van der Waals surface area contributed by atoms with Gasteiger partial charge in [-0.2, -0.15) is 0 Å². The molecule has 2 fully saturated rings. The molecular formula is C100H108N4O22. The van der Waals surface area contributed by atoms with Crippen LogP contribution in [0.2, 0.25) is 0 Å². The van der Waals surface area contributed by atoms with Crippen LogP contribution in [0.5, 0.6) is 46.0 Å². The minimum absolute atomic E-state index is 0.0174. The zero-order valence-electron chi connectivity index (χ0n) is 71.8. The van der Waals surface area contributed by atoms with E-state index in [-0.39, 0.29) is 203 Å². The highest BCUT2D eigenvalue weighted by Crippen LogP contribution is 2.58. The zero-order valence-corrected chi connectivity index (χ0v) is 71.8. The molecule has 4 atom stereocenters. The molecule has 26 heteroatoms. The van der Waals surface area contributed by atoms with Crippen LogP contribution in [0, 0.1) is 11.8 Å². The Bertz CT molecular complexity index is 4900. The van der Waals surface area contributed by atoms with Gasteiger partial charge in [-0.3, -0.25) is 38.6 Å². The van der Waals surface area contributed by atoms with Gasteiger partial charge in [-0.05, 0) is 158 Å². The Kier molecular flexibility index (Phi) is 31.3. The van der Waals surface area contributed by atoms with Crippen LogP contribution in [0.25, 0.3) is 43.1 Å². The molecule has 9 aromatic rings. The van der Waals surface area contributed by atoms with Crippen LogP contribution in [-0.4, -0.2) is 173 Å². The lowest BCUT2D eigenvalue weighted by atomic mass is 9.79. The summed E-state index contributed by atoms with van der Waals surface area (Å²) in [7, 11) is 0. The van der Waals surface area contributed by atoms with Gasteiger partial charge >= 0.3 is 23.9 Å². The summed E-state index contributed by atoms with van der Waals surface area (Å²) in [5.41, 5.74) is 3.23. The number of hydrogen-bond acceptors (Lipinski definition) is 22. The molecule has 9 aromatic carbocycles. The maximum atomic E-state index is 16.7. The van der Waals surface area contributed by atoms with Gasteiger partial charge in [-0.15, -0.1) is 0 Å². The van der Waals surface area contributed by atoms with Crippen molar-refractivity contribution < 1.29 is 105 Å². The molecule has 126 heavy (non-hydrogen) atoms. The van der Waals surface area contributed by atoms with Gasteiger partial charge < -0.3 is 67.5 Å². The number of esters is 4. The third-order valence-electron chi connectivity index (χ3n) is 23.6. The molecule has 26 nitrogen and oxygen atoms in total. The molecule has 0 bridgehead atoms. The number of amides is 6. The second-order valence-electron chi connectivity index (χ2n) is 31.9. The molecule has 6 amide bonds. The Morgan fingerprint density at radius 1 is 0.341 bits per heavy atom. The lowest BCUT2D eigenvalue weighted by Gasteiger charge is -2.38. The first-order valence-corrected chi connectivity index (χ1v) is 43.5. The van der Waals surface area contributed by atoms with Crippen LogP contribution in [0.1, 0.15) is 168 Å². The van der Waals surface area contributed by atoms with Crippen molar-refractivity contribution in [1.82, 2.24) is 20.4 Å². The average Bonchev–Trinajstić information content (AvgIpc) is 0.669. The molecule has 4 unspecified atom stereocenters. The molecule has 13 rings (SSSR count). The van der Waals surface area contributed by atoms with Gasteiger partial charge in [0.05, 0.1) is 75.1 Å². The summed E-state index contributed by atoms with van der Waals surface area (Å²) in [5.74, 6) is -6.49. The fourth-order valence-electron chi connectivity index (χ4n) is 16.8. The Labute approximate surface area is 732 Å². The Morgan fingerprint density at radius 3 is 0.802 bits per heavy atom. The molecule has 2 N–H and O–H groups in total. The highest BCUT2D eigenvalue weighted by atomic mass is 16.6. The van der Waals surface area contributed by atoms with E-state index in [0.717, 1.165) is 94.9 Å². The standard InChI is InChI=1S/C100H108N4O22/c1-9-61(7)93(95(109)101-67-21-17-15-18-22-67)103-97(111)73-57-77(123-69-33-25-63(26-34-69)41-45-115-49-53-119-81(105)11-3)87-89-79(125-71-37-29-65(30-38-71)43-47-117-51-55-121-83(107)13-5)59-75-86-76(100(114)104(99(75)113)94(62(8)10-2)96(110)102-68-23-19-16-20-24-68)60-80(126-72-39-31-66(32-40-72)44-48-118-52-56-122-84(108)14-6)90(92(86)89)88-78(58-74(98(103)112)85(73)91(87)88)124-70-35-27-64(28-36-70)42-46-116-50-54-120-82(106)12-4/h11-14,25-40,57-62,67-68,93-94H,3-6,9-10,15-24,41-56H2,1-2,7-8H3,(H,101,109)(H,102,110). The van der Waals surface area contributed by atoms with Crippen LogP contribution in [0.15, 0.2) is 172 Å². The van der Waals surface area contributed by atoms with Crippen molar-refractivity contribution in [3.05, 3.63) is 216 Å². The predicted molar refractivity (Wildman–Crippen MR) is 474 cm³/mol. The van der Waals surface area contributed by atoms with Crippen molar-refractivity contribution in [3.8, 4) is 46.0 Å². The van der Waals surface area contributed by atoms with Gasteiger partial charge in [0.1, 0.15) is 84.5 Å². The molecule has 2 heterocycles. The number of carbonyl (C=O) groups excluding carboxylic acids is 10. The van der Waals surface area contributed by atoms with E-state index in [2.05, 4.69) is 36.9 Å². The van der Waals surface area contributed by atoms with Crippen molar-refractivity contribution >= 4 is 102 Å². The fourth-order valence-corrected chi connectivity index (χ4v) is 16.8. The Morgan fingerprint density at radius 2 is 0.579 bits per heavy atom. The summed E-state index contributed by atoms with van der Waals surface area (Å²) in [6.07, 6.45) is 15.2. The highest BCUT2D eigenvalue weighted by Gasteiger charge is 2.48. The lowest BCUT2D eigenvalue weighted by molar-refractivity contribution is -0.140. The first-order valence-electron chi connectivity index (χ1n) is 43.5. The van der Waals surface area contributed by atoms with Gasteiger partial charge in [0, 0.05) is 79.5 Å². The molecular weight excluding hydrogens is 1610 g/mol. The van der Waals surface area contributed by atoms with Crippen LogP contribution < -0.4 is 29.6 Å². The number of ether oxygens (including phenoxy) is 12. The molecule has 660 valence electrons. The number of carbonyl (C=O) groups is 10. The Balaban J connectivity index is 1.09. The number of hydrogen-bond donors (Lipinski definition) is 2. The third-order valence-corrected chi connectivity index (χ3v) is 23.6. The molecule has 2 saturated carbocycles. The quantitative estimate of drug-likeness (QED) is 0.00681. The van der Waals surface area contributed by atoms with E-state index in [0.29, 0.717) is 64.2 Å². The van der Waals surface area contributed by atoms with Gasteiger partial charge in [0.25, 0.3) is 23.6 Å². The minimum Gasteiger partial charge on any atom is -0.460 e. The van der Waals surface area contributed by atoms with E-state index < -0.39 is 83.2 Å². The van der Waals surface area contributed by atoms with Crippen molar-refractivity contribution in [2.45, 2.75) is 155 Å². The van der Waals surface area contributed by atoms with E-state index in [9.17, 15) is 19.2 Å². The van der Waals surface area contributed by atoms with Gasteiger partial charge in [-0.25, -0.2) is 19.2 Å². The molecule has 2 aliphatic carbocycles. The normalized spacial score (nSPS) is 15.0. The number of nitrogens with zero attached hydrogens (tertiary/aromatic N) is 2. The number of imide groups is 2. The van der Waals surface area contributed by atoms with Crippen molar-refractivity contribution in [3.63, 3.8) is 0 Å². The lowest BCUT2D eigenvalue weighted by Crippen LogP contribution is -2.57. The summed E-state index contributed by atoms with van der Waals surface area (Å²) in [5, 5.41) is 8.07. The molecule has 2 aliphatic heterocycles. The van der Waals surface area contributed by atoms with E-state index in [1.54, 1.807) is 72.8 Å². The van der Waals surface area contributed by atoms with Crippen LogP contribution in [-0.2, 0) is 92.3 Å². The topological polar surface area (TPSA) is 312 Å². The van der Waals surface area contributed by atoms with E-state index in [1.807, 2.05) is 76.2 Å². The number of fused-ring (bicyclic) bond motifs is 2. The SMILES string of the molecule is C=CC(=O)OCCOCCc1ccc(Oc2cc3c4c(cc(Oc5ccc(CCOCCOC(=O)C=C)cc5)c5c6c(Oc7ccc(CCOCCOC(=O)C=C)cc7)cc7c8c(cc(Oc9ccc(CCOCCOC(=O)C=C)cc9)c(c2c45)c86)C(=O)N(C(C(=O)NC2CCCCC2)C(C)CC)C7=O)C(=O)N(C(C(=O)NC2CCCCC2)C(C)CC)C3=O)cc1. The number of benzene rings is 9. The van der Waals surface area contributed by atoms with E-state index in [1.165, 1.54) is 0 Å². The van der Waals surface area contributed by atoms with Gasteiger partial charge in [0.2, 0.25) is 11.8 Å². The van der Waals surface area contributed by atoms with Crippen molar-refractivity contribution in [1.29, 1.82) is 0 Å². The van der Waals surface area contributed by atoms with Crippen LogP contribution >= 0.6 is 0 Å². The summed E-state index contributed by atoms with van der Waals surface area (Å²) >= 11 is 0. The summed E-state index contributed by atoms with van der Waals surface area (Å²) in [6, 6.07) is 32.1. The van der Waals surface area contributed by atoms with Gasteiger partial charge in [0.15, 0.2) is 0 Å².